The van der Waals surface area contributed by atoms with Crippen molar-refractivity contribution < 1.29 is 9.53 Å². The van der Waals surface area contributed by atoms with Gasteiger partial charge in [-0.05, 0) is 43.6 Å². The first kappa shape index (κ1) is 17.7. The normalized spacial score (nSPS) is 18.7. The molecule has 3 N–H and O–H groups in total. The van der Waals surface area contributed by atoms with Crippen LogP contribution in [0.3, 0.4) is 0 Å². The maximum atomic E-state index is 12.3. The molecule has 1 fully saturated rings. The average molecular weight is 412 g/mol. The Balaban J connectivity index is 1.83. The number of halogens is 1. The Morgan fingerprint density at radius 1 is 1.36 bits per heavy atom. The third-order valence-corrected chi connectivity index (χ3v) is 4.49. The predicted molar refractivity (Wildman–Crippen MR) is 98.4 cm³/mol. The van der Waals surface area contributed by atoms with Crippen molar-refractivity contribution in [3.63, 3.8) is 0 Å². The number of nitrogens with one attached hydrogen (secondary N) is 1. The number of hydrogen-bond donors (Lipinski definition) is 2. The molecule has 3 rings (SSSR count). The van der Waals surface area contributed by atoms with Crippen LogP contribution >= 0.6 is 15.9 Å². The summed E-state index contributed by atoms with van der Waals surface area (Å²) in [7, 11) is 0. The second kappa shape index (κ2) is 6.32. The molecular weight excluding hydrogens is 390 g/mol. The Labute approximate surface area is 154 Å². The molecule has 9 nitrogen and oxygen atoms in total. The van der Waals surface area contributed by atoms with Crippen molar-refractivity contribution in [1.29, 1.82) is 0 Å². The van der Waals surface area contributed by atoms with Gasteiger partial charge in [-0.2, -0.15) is 15.1 Å². The number of H-pyrrole nitrogens is 1. The van der Waals surface area contributed by atoms with E-state index in [-0.39, 0.29) is 18.1 Å². The molecule has 0 spiro atoms. The summed E-state index contributed by atoms with van der Waals surface area (Å²) >= 11 is 3.45. The van der Waals surface area contributed by atoms with E-state index in [9.17, 15) is 4.79 Å². The largest absolute Gasteiger partial charge is 0.444 e. The van der Waals surface area contributed by atoms with Crippen LogP contribution in [0, 0.1) is 0 Å². The van der Waals surface area contributed by atoms with Crippen LogP contribution in [0.5, 0.6) is 0 Å². The molecule has 10 heteroatoms. The van der Waals surface area contributed by atoms with Crippen LogP contribution in [0.2, 0.25) is 0 Å². The van der Waals surface area contributed by atoms with Gasteiger partial charge in [0.05, 0.1) is 5.39 Å². The number of ether oxygens (including phenoxy) is 1. The smallest absolute Gasteiger partial charge is 0.410 e. The van der Waals surface area contributed by atoms with Crippen molar-refractivity contribution in [3.8, 4) is 0 Å². The zero-order valence-corrected chi connectivity index (χ0v) is 16.3. The lowest BCUT2D eigenvalue weighted by molar-refractivity contribution is 0.0218. The van der Waals surface area contributed by atoms with Gasteiger partial charge in [-0.25, -0.2) is 4.79 Å². The van der Waals surface area contributed by atoms with E-state index in [1.807, 2.05) is 27.7 Å². The fourth-order valence-electron chi connectivity index (χ4n) is 2.86. The van der Waals surface area contributed by atoms with E-state index in [1.165, 1.54) is 0 Å². The van der Waals surface area contributed by atoms with Crippen LogP contribution in [0.15, 0.2) is 4.60 Å². The third kappa shape index (κ3) is 3.63. The van der Waals surface area contributed by atoms with Crippen LogP contribution in [0.1, 0.15) is 27.7 Å². The highest BCUT2D eigenvalue weighted by Crippen LogP contribution is 2.31. The van der Waals surface area contributed by atoms with E-state index in [1.54, 1.807) is 4.90 Å². The van der Waals surface area contributed by atoms with E-state index < -0.39 is 5.60 Å². The summed E-state index contributed by atoms with van der Waals surface area (Å²) in [5.74, 6) is 0.878. The molecule has 1 aliphatic heterocycles. The predicted octanol–water partition coefficient (Wildman–Crippen LogP) is 2.14. The molecule has 2 aromatic rings. The molecule has 0 saturated carbocycles. The number of piperazine rings is 1. The quantitative estimate of drug-likeness (QED) is 0.738. The summed E-state index contributed by atoms with van der Waals surface area (Å²) in [6.45, 7) is 9.32. The number of aromatic amines is 1. The van der Waals surface area contributed by atoms with Gasteiger partial charge in [0.25, 0.3) is 0 Å². The number of amides is 1. The van der Waals surface area contributed by atoms with Crippen LogP contribution in [-0.2, 0) is 4.74 Å². The van der Waals surface area contributed by atoms with Gasteiger partial charge in [-0.3, -0.25) is 5.10 Å². The Morgan fingerprint density at radius 3 is 2.72 bits per heavy atom. The molecule has 0 aliphatic carbocycles. The molecule has 1 amide bonds. The topological polar surface area (TPSA) is 113 Å². The number of hydrogen-bond acceptors (Lipinski definition) is 7. The van der Waals surface area contributed by atoms with Gasteiger partial charge < -0.3 is 20.3 Å². The third-order valence-electron chi connectivity index (χ3n) is 3.92. The lowest BCUT2D eigenvalue weighted by Gasteiger charge is -2.40. The fraction of sp³-hybridized carbons (Fsp3) is 0.600. The molecule has 0 aromatic carbocycles. The molecule has 0 radical (unpaired) electrons. The number of rotatable bonds is 1. The van der Waals surface area contributed by atoms with E-state index in [2.05, 4.69) is 41.0 Å². The van der Waals surface area contributed by atoms with Crippen LogP contribution in [-0.4, -0.2) is 62.4 Å². The van der Waals surface area contributed by atoms with E-state index >= 15 is 0 Å². The summed E-state index contributed by atoms with van der Waals surface area (Å²) in [6, 6.07) is 0.0422. The van der Waals surface area contributed by atoms with Gasteiger partial charge in [0, 0.05) is 25.7 Å². The number of aromatic nitrogens is 4. The number of anilines is 2. The Bertz CT molecular complexity index is 801. The van der Waals surface area contributed by atoms with Crippen LogP contribution in [0.25, 0.3) is 11.0 Å². The summed E-state index contributed by atoms with van der Waals surface area (Å²) in [6.07, 6.45) is -0.296. The van der Waals surface area contributed by atoms with Crippen LogP contribution in [0.4, 0.5) is 16.6 Å². The van der Waals surface area contributed by atoms with Crippen molar-refractivity contribution in [3.05, 3.63) is 4.60 Å². The number of nitrogen functional groups attached to an aromatic ring is 1. The average Bonchev–Trinajstić information content (AvgIpc) is 2.86. The lowest BCUT2D eigenvalue weighted by atomic mass is 10.1. The van der Waals surface area contributed by atoms with E-state index in [0.717, 1.165) is 5.39 Å². The molecule has 1 aliphatic rings. The first-order valence-electron chi connectivity index (χ1n) is 8.07. The maximum absolute atomic E-state index is 12.3. The Morgan fingerprint density at radius 2 is 2.08 bits per heavy atom. The molecule has 3 heterocycles. The second-order valence-corrected chi connectivity index (χ2v) is 7.90. The lowest BCUT2D eigenvalue weighted by Crippen LogP contribution is -2.55. The first-order chi connectivity index (χ1) is 11.7. The zero-order chi connectivity index (χ0) is 18.4. The Kier molecular flexibility index (Phi) is 4.48. The van der Waals surface area contributed by atoms with Crippen molar-refractivity contribution >= 4 is 44.8 Å². The highest BCUT2D eigenvalue weighted by atomic mass is 79.9. The van der Waals surface area contributed by atoms with Crippen molar-refractivity contribution in [2.75, 3.05) is 30.3 Å². The highest BCUT2D eigenvalue weighted by molar-refractivity contribution is 9.10. The summed E-state index contributed by atoms with van der Waals surface area (Å²) in [5.41, 5.74) is 5.83. The number of nitrogens with two attached hydrogens (primary N) is 1. The van der Waals surface area contributed by atoms with Gasteiger partial charge in [0.15, 0.2) is 5.65 Å². The number of carbonyl (C=O) groups is 1. The molecule has 1 atom stereocenters. The minimum Gasteiger partial charge on any atom is -0.444 e. The zero-order valence-electron chi connectivity index (χ0n) is 14.7. The standard InChI is InChI=1S/C15H22BrN7O2/c1-8-7-22(14(24)25-15(2,3)4)5-6-23(8)12-9-10(16)20-21-11(9)18-13(17)19-12/h8H,5-7H2,1-4H3,(H3,17,18,19,20,21)/t8-/m0/s1. The highest BCUT2D eigenvalue weighted by Gasteiger charge is 2.32. The number of carbonyl (C=O) groups excluding carboxylic acids is 1. The fourth-order valence-corrected chi connectivity index (χ4v) is 3.30. The van der Waals surface area contributed by atoms with Gasteiger partial charge in [-0.1, -0.05) is 0 Å². The number of fused-ring (bicyclic) bond motifs is 1. The molecule has 0 unspecified atom stereocenters. The van der Waals surface area contributed by atoms with Gasteiger partial charge in [0.2, 0.25) is 5.95 Å². The van der Waals surface area contributed by atoms with E-state index in [4.69, 9.17) is 10.5 Å². The maximum Gasteiger partial charge on any atom is 0.410 e. The number of nitrogens with zero attached hydrogens (tertiary/aromatic N) is 5. The molecular formula is C15H22BrN7O2. The summed E-state index contributed by atoms with van der Waals surface area (Å²) < 4.78 is 6.17. The van der Waals surface area contributed by atoms with Gasteiger partial charge in [-0.15, -0.1) is 0 Å². The SMILES string of the molecule is C[C@H]1CN(C(=O)OC(C)(C)C)CCN1c1nc(N)nc2n[nH]c(Br)c12. The second-order valence-electron chi connectivity index (χ2n) is 7.11. The summed E-state index contributed by atoms with van der Waals surface area (Å²) in [4.78, 5) is 24.7. The monoisotopic (exact) mass is 411 g/mol. The first-order valence-corrected chi connectivity index (χ1v) is 8.86. The summed E-state index contributed by atoms with van der Waals surface area (Å²) in [5, 5.41) is 7.76. The molecule has 136 valence electrons. The van der Waals surface area contributed by atoms with E-state index in [0.29, 0.717) is 35.7 Å². The molecule has 25 heavy (non-hydrogen) atoms. The van der Waals surface area contributed by atoms with Gasteiger partial charge in [0.1, 0.15) is 16.0 Å². The molecule has 2 aromatic heterocycles. The van der Waals surface area contributed by atoms with Crippen molar-refractivity contribution in [2.24, 2.45) is 0 Å². The van der Waals surface area contributed by atoms with Crippen molar-refractivity contribution in [2.45, 2.75) is 39.3 Å². The van der Waals surface area contributed by atoms with Crippen LogP contribution < -0.4 is 10.6 Å². The Hall–Kier alpha value is -2.10. The van der Waals surface area contributed by atoms with Gasteiger partial charge >= 0.3 is 6.09 Å². The minimum atomic E-state index is -0.508. The minimum absolute atomic E-state index is 0.0422. The van der Waals surface area contributed by atoms with Crippen molar-refractivity contribution in [1.82, 2.24) is 25.1 Å². The molecule has 0 bridgehead atoms. The molecule has 1 saturated heterocycles.